The van der Waals surface area contributed by atoms with E-state index >= 15 is 0 Å². The zero-order chi connectivity index (χ0) is 15.0. The highest BCUT2D eigenvalue weighted by Gasteiger charge is 2.23. The zero-order valence-corrected chi connectivity index (χ0v) is 15.0. The van der Waals surface area contributed by atoms with Crippen molar-refractivity contribution in [1.29, 1.82) is 0 Å². The van der Waals surface area contributed by atoms with Gasteiger partial charge in [-0.25, -0.2) is 0 Å². The summed E-state index contributed by atoms with van der Waals surface area (Å²) in [5.41, 5.74) is 0.886. The molecule has 0 amide bonds. The summed E-state index contributed by atoms with van der Waals surface area (Å²) in [6.45, 7) is 1.86. The van der Waals surface area contributed by atoms with E-state index in [2.05, 4.69) is 0 Å². The minimum Gasteiger partial charge on any atom is -0.423 e. The van der Waals surface area contributed by atoms with E-state index in [0.717, 1.165) is 5.56 Å². The lowest BCUT2D eigenvalue weighted by atomic mass is 10.2. The van der Waals surface area contributed by atoms with Gasteiger partial charge in [-0.3, -0.25) is 9.05 Å². The van der Waals surface area contributed by atoms with E-state index in [0.29, 0.717) is 24.0 Å². The van der Waals surface area contributed by atoms with Gasteiger partial charge in [-0.15, -0.1) is 11.8 Å². The fraction of sp³-hybridized carbons (Fsp3) is 0.385. The summed E-state index contributed by atoms with van der Waals surface area (Å²) in [4.78, 5) is 0. The van der Waals surface area contributed by atoms with E-state index in [1.165, 1.54) is 11.8 Å². The summed E-state index contributed by atoms with van der Waals surface area (Å²) in [6, 6.07) is 7.36. The van der Waals surface area contributed by atoms with E-state index in [4.69, 9.17) is 37.0 Å². The summed E-state index contributed by atoms with van der Waals surface area (Å²) < 4.78 is 16.9. The molecule has 0 saturated carbocycles. The van der Waals surface area contributed by atoms with Crippen molar-refractivity contribution < 1.29 is 13.6 Å². The quantitative estimate of drug-likeness (QED) is 0.466. The Morgan fingerprint density at radius 2 is 1.80 bits per heavy atom. The molecule has 0 aliphatic carbocycles. The van der Waals surface area contributed by atoms with Gasteiger partial charge in [0.15, 0.2) is 0 Å². The van der Waals surface area contributed by atoms with Crippen LogP contribution in [0.25, 0.3) is 5.76 Å². The van der Waals surface area contributed by atoms with Gasteiger partial charge in [0.25, 0.3) is 0 Å². The fourth-order valence-electron chi connectivity index (χ4n) is 1.39. The molecular formula is C13H18ClO3PS2. The molecule has 0 radical (unpaired) electrons. The highest BCUT2D eigenvalue weighted by Crippen LogP contribution is 2.53. The van der Waals surface area contributed by atoms with Crippen LogP contribution in [0.3, 0.4) is 0 Å². The Kier molecular flexibility index (Phi) is 8.18. The van der Waals surface area contributed by atoms with Gasteiger partial charge in [0.05, 0.1) is 13.2 Å². The highest BCUT2D eigenvalue weighted by molar-refractivity contribution is 8.07. The van der Waals surface area contributed by atoms with Gasteiger partial charge in [-0.2, -0.15) is 0 Å². The van der Waals surface area contributed by atoms with Crippen LogP contribution >= 0.6 is 30.1 Å². The minimum absolute atomic E-state index is 0.449. The lowest BCUT2D eigenvalue weighted by Gasteiger charge is -2.22. The summed E-state index contributed by atoms with van der Waals surface area (Å²) in [5, 5.41) is 2.55. The Morgan fingerprint density at radius 1 is 1.25 bits per heavy atom. The molecule has 3 nitrogen and oxygen atoms in total. The third kappa shape index (κ3) is 5.76. The first-order valence-electron chi connectivity index (χ1n) is 6.12. The van der Waals surface area contributed by atoms with Crippen LogP contribution < -0.4 is 0 Å². The number of hydrogen-bond donors (Lipinski definition) is 0. The van der Waals surface area contributed by atoms with Gasteiger partial charge in [0.1, 0.15) is 5.76 Å². The van der Waals surface area contributed by atoms with E-state index < -0.39 is 6.72 Å². The molecule has 0 bridgehead atoms. The maximum Gasteiger partial charge on any atom is 0.380 e. The summed E-state index contributed by atoms with van der Waals surface area (Å²) >= 11 is 12.8. The molecule has 0 fully saturated rings. The van der Waals surface area contributed by atoms with Crippen LogP contribution in [-0.2, 0) is 25.4 Å². The van der Waals surface area contributed by atoms with Gasteiger partial charge in [-0.1, -0.05) is 11.6 Å². The van der Waals surface area contributed by atoms with Crippen molar-refractivity contribution in [3.05, 3.63) is 40.3 Å². The molecule has 0 aliphatic heterocycles. The van der Waals surface area contributed by atoms with Crippen molar-refractivity contribution in [2.24, 2.45) is 0 Å². The fourth-order valence-corrected chi connectivity index (χ4v) is 4.07. The SMILES string of the molecule is CCOP(=S)(OCC)O/C(=C\SC)c1ccc(Cl)cc1. The van der Waals surface area contributed by atoms with Gasteiger partial charge in [0, 0.05) is 27.8 Å². The van der Waals surface area contributed by atoms with Crippen molar-refractivity contribution in [2.75, 3.05) is 19.5 Å². The van der Waals surface area contributed by atoms with Crippen molar-refractivity contribution in [3.8, 4) is 0 Å². The molecule has 0 saturated heterocycles. The third-order valence-corrected chi connectivity index (χ3v) is 5.27. The predicted molar refractivity (Wildman–Crippen MR) is 91.6 cm³/mol. The lowest BCUT2D eigenvalue weighted by Crippen LogP contribution is -2.00. The molecular weight excluding hydrogens is 335 g/mol. The average Bonchev–Trinajstić information content (AvgIpc) is 2.39. The molecule has 0 N–H and O–H groups in total. The molecule has 112 valence electrons. The van der Waals surface area contributed by atoms with Gasteiger partial charge in [-0.05, 0) is 44.4 Å². The Labute approximate surface area is 134 Å². The largest absolute Gasteiger partial charge is 0.423 e. The van der Waals surface area contributed by atoms with Crippen molar-refractivity contribution in [2.45, 2.75) is 13.8 Å². The smallest absolute Gasteiger partial charge is 0.380 e. The molecule has 7 heteroatoms. The summed E-state index contributed by atoms with van der Waals surface area (Å²) in [7, 11) is 0. The predicted octanol–water partition coefficient (Wildman–Crippen LogP) is 5.32. The van der Waals surface area contributed by atoms with Crippen LogP contribution in [0.2, 0.25) is 5.02 Å². The van der Waals surface area contributed by atoms with Gasteiger partial charge >= 0.3 is 6.72 Å². The molecule has 1 aromatic rings. The number of hydrogen-bond acceptors (Lipinski definition) is 5. The number of thioether (sulfide) groups is 1. The van der Waals surface area contributed by atoms with Crippen LogP contribution in [0.1, 0.15) is 19.4 Å². The molecule has 0 spiro atoms. The average molecular weight is 353 g/mol. The first-order valence-corrected chi connectivity index (χ1v) is 10.3. The summed E-state index contributed by atoms with van der Waals surface area (Å²) in [6.07, 6.45) is 1.95. The number of benzene rings is 1. The molecule has 1 rings (SSSR count). The van der Waals surface area contributed by atoms with E-state index in [-0.39, 0.29) is 0 Å². The maximum absolute atomic E-state index is 5.90. The van der Waals surface area contributed by atoms with E-state index in [1.807, 2.05) is 37.6 Å². The monoisotopic (exact) mass is 352 g/mol. The van der Waals surface area contributed by atoms with Crippen molar-refractivity contribution >= 4 is 47.6 Å². The van der Waals surface area contributed by atoms with Crippen molar-refractivity contribution in [3.63, 3.8) is 0 Å². The van der Waals surface area contributed by atoms with Crippen LogP contribution in [0, 0.1) is 0 Å². The number of rotatable bonds is 8. The maximum atomic E-state index is 5.90. The molecule has 0 heterocycles. The zero-order valence-electron chi connectivity index (χ0n) is 11.7. The Balaban J connectivity index is 3.00. The second kappa shape index (κ2) is 9.08. The highest BCUT2D eigenvalue weighted by atomic mass is 35.5. The number of halogens is 1. The first-order chi connectivity index (χ1) is 9.54. The van der Waals surface area contributed by atoms with E-state index in [1.54, 1.807) is 12.1 Å². The molecule has 1 aromatic carbocycles. The van der Waals surface area contributed by atoms with Crippen molar-refractivity contribution in [1.82, 2.24) is 0 Å². The Morgan fingerprint density at radius 3 is 2.25 bits per heavy atom. The van der Waals surface area contributed by atoms with Crippen LogP contribution in [0.15, 0.2) is 29.7 Å². The van der Waals surface area contributed by atoms with Crippen LogP contribution in [0.5, 0.6) is 0 Å². The second-order valence-electron chi connectivity index (χ2n) is 3.60. The lowest BCUT2D eigenvalue weighted by molar-refractivity contribution is 0.210. The third-order valence-electron chi connectivity index (χ3n) is 2.14. The normalized spacial score (nSPS) is 12.5. The Bertz CT molecular complexity index is 481. The van der Waals surface area contributed by atoms with Crippen LogP contribution in [-0.4, -0.2) is 19.5 Å². The second-order valence-corrected chi connectivity index (χ2v) is 7.68. The van der Waals surface area contributed by atoms with Crippen LogP contribution in [0.4, 0.5) is 0 Å². The minimum atomic E-state index is -2.76. The topological polar surface area (TPSA) is 27.7 Å². The molecule has 0 aromatic heterocycles. The summed E-state index contributed by atoms with van der Waals surface area (Å²) in [5.74, 6) is 0.638. The molecule has 20 heavy (non-hydrogen) atoms. The Hall–Kier alpha value is -0.0300. The van der Waals surface area contributed by atoms with E-state index in [9.17, 15) is 0 Å². The molecule has 0 aliphatic rings. The van der Waals surface area contributed by atoms with Gasteiger partial charge in [0.2, 0.25) is 0 Å². The molecule has 0 unspecified atom stereocenters. The first kappa shape index (κ1) is 18.0. The standard InChI is InChI=1S/C13H18ClO3PS2/c1-4-15-18(19,16-5-2)17-13(10-20-3)11-6-8-12(14)9-7-11/h6-10H,4-5H2,1-3H3/b13-10-. The molecule has 0 atom stereocenters. The van der Waals surface area contributed by atoms with Gasteiger partial charge < -0.3 is 4.52 Å².